The van der Waals surface area contributed by atoms with Crippen molar-refractivity contribution in [3.8, 4) is 0 Å². The van der Waals surface area contributed by atoms with Crippen molar-refractivity contribution in [2.45, 2.75) is 50.9 Å². The number of rotatable bonds is 10. The van der Waals surface area contributed by atoms with Crippen LogP contribution in [-0.4, -0.2) is 42.8 Å². The fourth-order valence-electron chi connectivity index (χ4n) is 4.12. The van der Waals surface area contributed by atoms with Crippen LogP contribution in [0.3, 0.4) is 0 Å². The third-order valence-corrected chi connectivity index (χ3v) is 6.08. The Morgan fingerprint density at radius 1 is 1.03 bits per heavy atom. The lowest BCUT2D eigenvalue weighted by Crippen LogP contribution is -2.52. The molecule has 1 unspecified atom stereocenters. The summed E-state index contributed by atoms with van der Waals surface area (Å²) in [5, 5.41) is 12.5. The minimum atomic E-state index is -1.04. The molecule has 0 spiro atoms. The maximum atomic E-state index is 13.4. The fourth-order valence-corrected chi connectivity index (χ4v) is 4.12. The van der Waals surface area contributed by atoms with Gasteiger partial charge in [-0.2, -0.15) is 0 Å². The van der Waals surface area contributed by atoms with E-state index in [1.54, 1.807) is 7.11 Å². The van der Waals surface area contributed by atoms with Crippen molar-refractivity contribution in [1.82, 2.24) is 5.32 Å². The van der Waals surface area contributed by atoms with Gasteiger partial charge in [-0.15, -0.1) is 0 Å². The molecule has 0 heterocycles. The molecule has 6 nitrogen and oxygen atoms in total. The molecule has 2 N–H and O–H groups in total. The van der Waals surface area contributed by atoms with Gasteiger partial charge in [0.25, 0.3) is 0 Å². The van der Waals surface area contributed by atoms with E-state index >= 15 is 0 Å². The maximum absolute atomic E-state index is 13.4. The fraction of sp³-hybridized carbons (Fsp3) is 0.440. The summed E-state index contributed by atoms with van der Waals surface area (Å²) in [6.45, 7) is 0.664. The molecule has 31 heavy (non-hydrogen) atoms. The summed E-state index contributed by atoms with van der Waals surface area (Å²) in [4.78, 5) is 25.2. The Balaban J connectivity index is 1.69. The molecule has 1 saturated carbocycles. The Kier molecular flexibility index (Phi) is 8.20. The van der Waals surface area contributed by atoms with Crippen molar-refractivity contribution in [2.75, 3.05) is 13.7 Å². The number of hydrogen-bond donors (Lipinski definition) is 2. The average molecular weight is 426 g/mol. The number of carbonyl (C=O) groups excluding carboxylic acids is 1. The third-order valence-electron chi connectivity index (χ3n) is 6.08. The van der Waals surface area contributed by atoms with Crippen molar-refractivity contribution in [1.29, 1.82) is 0 Å². The van der Waals surface area contributed by atoms with E-state index in [9.17, 15) is 14.7 Å². The van der Waals surface area contributed by atoms with E-state index in [0.717, 1.165) is 24.0 Å². The zero-order chi connectivity index (χ0) is 22.1. The number of amides is 1. The number of aliphatic carboxylic acids is 1. The molecule has 1 aliphatic carbocycles. The van der Waals surface area contributed by atoms with E-state index in [1.165, 1.54) is 0 Å². The molecule has 3 rings (SSSR count). The van der Waals surface area contributed by atoms with Gasteiger partial charge in [-0.05, 0) is 36.8 Å². The van der Waals surface area contributed by atoms with Crippen molar-refractivity contribution in [2.24, 2.45) is 5.41 Å². The summed E-state index contributed by atoms with van der Waals surface area (Å²) in [6.07, 6.45) is 3.05. The van der Waals surface area contributed by atoms with Gasteiger partial charge in [0.15, 0.2) is 0 Å². The Bertz CT molecular complexity index is 832. The second kappa shape index (κ2) is 11.1. The Labute approximate surface area is 183 Å². The molecule has 0 saturated heterocycles. The Morgan fingerprint density at radius 3 is 2.16 bits per heavy atom. The normalized spacial score (nSPS) is 21.9. The highest BCUT2D eigenvalue weighted by molar-refractivity contribution is 5.87. The van der Waals surface area contributed by atoms with E-state index in [-0.39, 0.29) is 25.0 Å². The highest BCUT2D eigenvalue weighted by atomic mass is 16.5. The van der Waals surface area contributed by atoms with E-state index in [4.69, 9.17) is 9.47 Å². The van der Waals surface area contributed by atoms with Gasteiger partial charge in [0.1, 0.15) is 6.04 Å². The standard InChI is InChI=1S/C25H31NO5/c1-30-21-12-14-25(15-13-21,18-31-17-20-10-6-3-7-11-20)24(29)26-22(23(27)28)16-19-8-4-2-5-9-19/h2-11,21-22H,12-18H2,1H3,(H,26,29)(H,27,28). The maximum Gasteiger partial charge on any atom is 0.326 e. The molecule has 1 amide bonds. The second-order valence-electron chi connectivity index (χ2n) is 8.25. The van der Waals surface area contributed by atoms with Gasteiger partial charge in [-0.3, -0.25) is 4.79 Å². The molecule has 0 aromatic heterocycles. The summed E-state index contributed by atoms with van der Waals surface area (Å²) < 4.78 is 11.4. The number of ether oxygens (including phenoxy) is 2. The number of benzene rings is 2. The molecule has 0 bridgehead atoms. The molecule has 0 aliphatic heterocycles. The van der Waals surface area contributed by atoms with Crippen LogP contribution >= 0.6 is 0 Å². The van der Waals surface area contributed by atoms with E-state index in [2.05, 4.69) is 5.32 Å². The molecule has 2 aromatic carbocycles. The highest BCUT2D eigenvalue weighted by Gasteiger charge is 2.43. The van der Waals surface area contributed by atoms with Gasteiger partial charge in [0, 0.05) is 13.5 Å². The predicted octanol–water partition coefficient (Wildman–Crippen LogP) is 3.59. The van der Waals surface area contributed by atoms with Gasteiger partial charge < -0.3 is 19.9 Å². The lowest BCUT2D eigenvalue weighted by Gasteiger charge is -2.38. The first kappa shape index (κ1) is 23.0. The zero-order valence-corrected chi connectivity index (χ0v) is 18.0. The second-order valence-corrected chi connectivity index (χ2v) is 8.25. The molecule has 2 aromatic rings. The first-order chi connectivity index (χ1) is 15.0. The highest BCUT2D eigenvalue weighted by Crippen LogP contribution is 2.38. The molecule has 6 heteroatoms. The Morgan fingerprint density at radius 2 is 1.61 bits per heavy atom. The van der Waals surface area contributed by atoms with Crippen LogP contribution in [0.5, 0.6) is 0 Å². The molecule has 0 radical (unpaired) electrons. The van der Waals surface area contributed by atoms with Crippen molar-refractivity contribution >= 4 is 11.9 Å². The van der Waals surface area contributed by atoms with Gasteiger partial charge in [-0.25, -0.2) is 4.79 Å². The smallest absolute Gasteiger partial charge is 0.326 e. The summed E-state index contributed by atoms with van der Waals surface area (Å²) >= 11 is 0. The van der Waals surface area contributed by atoms with Gasteiger partial charge >= 0.3 is 5.97 Å². The number of carbonyl (C=O) groups is 2. The topological polar surface area (TPSA) is 84.9 Å². The average Bonchev–Trinajstić information content (AvgIpc) is 2.80. The molecule has 1 atom stereocenters. The van der Waals surface area contributed by atoms with Gasteiger partial charge in [0.05, 0.1) is 24.7 Å². The minimum absolute atomic E-state index is 0.120. The van der Waals surface area contributed by atoms with Crippen molar-refractivity contribution in [3.05, 3.63) is 71.8 Å². The monoisotopic (exact) mass is 425 g/mol. The largest absolute Gasteiger partial charge is 0.480 e. The van der Waals surface area contributed by atoms with Gasteiger partial charge in [-0.1, -0.05) is 60.7 Å². The zero-order valence-electron chi connectivity index (χ0n) is 18.0. The first-order valence-corrected chi connectivity index (χ1v) is 10.7. The van der Waals surface area contributed by atoms with Crippen LogP contribution in [0.4, 0.5) is 0 Å². The van der Waals surface area contributed by atoms with E-state index in [0.29, 0.717) is 19.4 Å². The minimum Gasteiger partial charge on any atom is -0.480 e. The van der Waals surface area contributed by atoms with Crippen LogP contribution in [0.1, 0.15) is 36.8 Å². The summed E-state index contributed by atoms with van der Waals surface area (Å²) in [6, 6.07) is 18.2. The quantitative estimate of drug-likeness (QED) is 0.608. The summed E-state index contributed by atoms with van der Waals surface area (Å²) in [7, 11) is 1.68. The Hall–Kier alpha value is -2.70. The number of carboxylic acid groups (broad SMARTS) is 1. The van der Waals surface area contributed by atoms with E-state index < -0.39 is 17.4 Å². The predicted molar refractivity (Wildman–Crippen MR) is 118 cm³/mol. The van der Waals surface area contributed by atoms with Crippen LogP contribution < -0.4 is 5.32 Å². The van der Waals surface area contributed by atoms with Crippen LogP contribution in [0.2, 0.25) is 0 Å². The summed E-state index contributed by atoms with van der Waals surface area (Å²) in [5.74, 6) is -1.29. The number of methoxy groups -OCH3 is 1. The number of carboxylic acids is 1. The summed E-state index contributed by atoms with van der Waals surface area (Å²) in [5.41, 5.74) is 1.15. The first-order valence-electron chi connectivity index (χ1n) is 10.7. The van der Waals surface area contributed by atoms with Gasteiger partial charge in [0.2, 0.25) is 5.91 Å². The number of nitrogens with one attached hydrogen (secondary N) is 1. The van der Waals surface area contributed by atoms with Crippen LogP contribution in [-0.2, 0) is 32.1 Å². The molecule has 1 aliphatic rings. The number of hydrogen-bond acceptors (Lipinski definition) is 4. The van der Waals surface area contributed by atoms with Crippen LogP contribution in [0.25, 0.3) is 0 Å². The van der Waals surface area contributed by atoms with Crippen molar-refractivity contribution < 1.29 is 24.2 Å². The molecular weight excluding hydrogens is 394 g/mol. The van der Waals surface area contributed by atoms with Crippen LogP contribution in [0, 0.1) is 5.41 Å². The van der Waals surface area contributed by atoms with Crippen molar-refractivity contribution in [3.63, 3.8) is 0 Å². The van der Waals surface area contributed by atoms with E-state index in [1.807, 2.05) is 60.7 Å². The molecule has 1 fully saturated rings. The molecule has 166 valence electrons. The third kappa shape index (κ3) is 6.39. The molecular formula is C25H31NO5. The SMILES string of the molecule is COC1CCC(COCc2ccccc2)(C(=O)NC(Cc2ccccc2)C(=O)O)CC1. The lowest BCUT2D eigenvalue weighted by atomic mass is 9.72. The van der Waals surface area contributed by atoms with Crippen LogP contribution in [0.15, 0.2) is 60.7 Å². The lowest BCUT2D eigenvalue weighted by molar-refractivity contribution is -0.147.